The molecule has 27 heavy (non-hydrogen) atoms. The number of rotatable bonds is 6. The Balaban J connectivity index is 1.63. The number of nitrogens with one attached hydrogen (secondary N) is 1. The highest BCUT2D eigenvalue weighted by molar-refractivity contribution is 5.25. The van der Waals surface area contributed by atoms with E-state index >= 15 is 0 Å². The molecule has 0 saturated heterocycles. The van der Waals surface area contributed by atoms with Gasteiger partial charge in [-0.1, -0.05) is 6.08 Å². The summed E-state index contributed by atoms with van der Waals surface area (Å²) in [5, 5.41) is 5.43. The van der Waals surface area contributed by atoms with Crippen LogP contribution in [-0.2, 0) is 19.1 Å². The fourth-order valence-corrected chi connectivity index (χ4v) is 2.97. The Morgan fingerprint density at radius 1 is 1.15 bits per heavy atom. The van der Waals surface area contributed by atoms with Crippen LogP contribution in [0.1, 0.15) is 30.6 Å². The summed E-state index contributed by atoms with van der Waals surface area (Å²) < 4.78 is 77.6. The van der Waals surface area contributed by atoms with Gasteiger partial charge in [0.1, 0.15) is 11.6 Å². The van der Waals surface area contributed by atoms with Gasteiger partial charge in [0.05, 0.1) is 6.54 Å². The molecule has 1 aliphatic carbocycles. The van der Waals surface area contributed by atoms with Crippen LogP contribution in [-0.4, -0.2) is 26.6 Å². The molecule has 0 amide bonds. The molecule has 1 aliphatic rings. The number of H-pyrrole nitrogens is 1. The topological polar surface area (TPSA) is 44.8 Å². The number of nitrogens with zero attached hydrogens (tertiary/aromatic N) is 3. The zero-order valence-electron chi connectivity index (χ0n) is 14.2. The Bertz CT molecular complexity index is 858. The highest BCUT2D eigenvalue weighted by atomic mass is 19.4. The molecule has 1 unspecified atom stereocenters. The Kier molecular flexibility index (Phi) is 5.16. The Morgan fingerprint density at radius 3 is 2.41 bits per heavy atom. The maximum atomic E-state index is 13.7. The summed E-state index contributed by atoms with van der Waals surface area (Å²) >= 11 is 0. The molecule has 0 spiro atoms. The molecule has 0 aliphatic heterocycles. The van der Waals surface area contributed by atoms with Crippen molar-refractivity contribution < 1.29 is 26.3 Å². The van der Waals surface area contributed by atoms with Gasteiger partial charge in [0.2, 0.25) is 0 Å². The second-order valence-electron chi connectivity index (χ2n) is 6.30. The van der Waals surface area contributed by atoms with Crippen molar-refractivity contribution >= 4 is 0 Å². The summed E-state index contributed by atoms with van der Waals surface area (Å²) in [6, 6.07) is 1.37. The van der Waals surface area contributed by atoms with Gasteiger partial charge < -0.3 is 4.90 Å². The maximum Gasteiger partial charge on any atom is 0.453 e. The summed E-state index contributed by atoms with van der Waals surface area (Å²) in [6.07, 6.45) is -2.01. The first-order valence-electron chi connectivity index (χ1n) is 8.25. The molecule has 1 heterocycles. The molecule has 1 atom stereocenters. The van der Waals surface area contributed by atoms with E-state index in [1.165, 1.54) is 0 Å². The molecule has 10 heteroatoms. The quantitative estimate of drug-likeness (QED) is 0.594. The average Bonchev–Trinajstić information content (AvgIpc) is 3.02. The third-order valence-electron chi connectivity index (χ3n) is 4.38. The lowest BCUT2D eigenvalue weighted by atomic mass is 9.85. The van der Waals surface area contributed by atoms with Gasteiger partial charge in [-0.3, -0.25) is 5.10 Å². The van der Waals surface area contributed by atoms with E-state index in [0.29, 0.717) is 19.0 Å². The minimum Gasteiger partial charge on any atom is -0.368 e. The number of alkyl halides is 3. The average molecular weight is 390 g/mol. The maximum absolute atomic E-state index is 13.7. The first-order valence-corrected chi connectivity index (χ1v) is 8.25. The van der Waals surface area contributed by atoms with Gasteiger partial charge in [0.25, 0.3) is 5.82 Å². The van der Waals surface area contributed by atoms with Gasteiger partial charge >= 0.3 is 6.18 Å². The molecule has 1 N–H and O–H groups in total. The van der Waals surface area contributed by atoms with Crippen LogP contribution in [0.5, 0.6) is 0 Å². The normalized spacial score (nSPS) is 16.9. The smallest absolute Gasteiger partial charge is 0.368 e. The van der Waals surface area contributed by atoms with Gasteiger partial charge in [-0.05, 0) is 37.3 Å². The summed E-state index contributed by atoms with van der Waals surface area (Å²) in [4.78, 5) is 5.26. The van der Waals surface area contributed by atoms with Gasteiger partial charge in [0, 0.05) is 18.3 Å². The fourth-order valence-electron chi connectivity index (χ4n) is 2.97. The van der Waals surface area contributed by atoms with Crippen LogP contribution in [0.2, 0.25) is 0 Å². The molecule has 0 saturated carbocycles. The minimum absolute atomic E-state index is 0.0612. The standard InChI is InChI=1S/C17H16F6N4/c1-2-27(8-15-24-16(26-25-15)17(21,22)23)11-4-9(5-11)3-10-6-13(19)14(20)7-12(10)18/h4,6-7,9H,2-3,5,8H2,1H3,(H,24,25,26). The molecule has 2 aromatic rings. The number of allylic oxidation sites excluding steroid dienone is 2. The van der Waals surface area contributed by atoms with Crippen molar-refractivity contribution in [2.75, 3.05) is 6.54 Å². The SMILES string of the molecule is CCN(Cc1nc(C(F)(F)F)n[nH]1)C1=CC(Cc2cc(F)c(F)cc2F)C1. The first-order chi connectivity index (χ1) is 12.7. The summed E-state index contributed by atoms with van der Waals surface area (Å²) in [7, 11) is 0. The van der Waals surface area contributed by atoms with Crippen LogP contribution >= 0.6 is 0 Å². The highest BCUT2D eigenvalue weighted by Gasteiger charge is 2.36. The van der Waals surface area contributed by atoms with E-state index in [1.807, 2.05) is 17.9 Å². The largest absolute Gasteiger partial charge is 0.453 e. The summed E-state index contributed by atoms with van der Waals surface area (Å²) in [6.45, 7) is 2.49. The second-order valence-corrected chi connectivity index (χ2v) is 6.30. The Hall–Kier alpha value is -2.52. The third-order valence-corrected chi connectivity index (χ3v) is 4.38. The van der Waals surface area contributed by atoms with Crippen molar-refractivity contribution in [3.63, 3.8) is 0 Å². The number of halogens is 6. The van der Waals surface area contributed by atoms with Gasteiger partial charge in [-0.25, -0.2) is 18.2 Å². The van der Waals surface area contributed by atoms with Gasteiger partial charge in [0.15, 0.2) is 11.6 Å². The first kappa shape index (κ1) is 19.2. The zero-order chi connectivity index (χ0) is 19.8. The van der Waals surface area contributed by atoms with E-state index in [1.54, 1.807) is 0 Å². The van der Waals surface area contributed by atoms with Crippen molar-refractivity contribution in [3.8, 4) is 0 Å². The molecule has 1 aromatic carbocycles. The second kappa shape index (κ2) is 7.24. The van der Waals surface area contributed by atoms with E-state index < -0.39 is 29.5 Å². The molecule has 0 radical (unpaired) electrons. The van der Waals surface area contributed by atoms with Crippen molar-refractivity contribution in [1.82, 2.24) is 20.1 Å². The minimum atomic E-state index is -4.61. The third kappa shape index (κ3) is 4.25. The Labute approximate surface area is 150 Å². The molecule has 3 rings (SSSR count). The summed E-state index contributed by atoms with van der Waals surface area (Å²) in [5.41, 5.74) is 0.956. The molecular formula is C17H16F6N4. The number of benzene rings is 1. The monoisotopic (exact) mass is 390 g/mol. The number of hydrogen-bond donors (Lipinski definition) is 1. The molecular weight excluding hydrogens is 374 g/mol. The van der Waals surface area contributed by atoms with Gasteiger partial charge in [-0.2, -0.15) is 13.2 Å². The van der Waals surface area contributed by atoms with E-state index in [0.717, 1.165) is 11.8 Å². The number of hydrogen-bond acceptors (Lipinski definition) is 3. The van der Waals surface area contributed by atoms with Crippen LogP contribution in [0.25, 0.3) is 0 Å². The zero-order valence-corrected chi connectivity index (χ0v) is 14.2. The predicted octanol–water partition coefficient (Wildman–Crippen LogP) is 4.21. The highest BCUT2D eigenvalue weighted by Crippen LogP contribution is 2.33. The van der Waals surface area contributed by atoms with E-state index in [-0.39, 0.29) is 30.3 Å². The van der Waals surface area contributed by atoms with Crippen molar-refractivity contribution in [2.45, 2.75) is 32.5 Å². The molecule has 146 valence electrons. The van der Waals surface area contributed by atoms with Crippen LogP contribution in [0.3, 0.4) is 0 Å². The predicted molar refractivity (Wildman–Crippen MR) is 83.7 cm³/mol. The van der Waals surface area contributed by atoms with Crippen LogP contribution in [0.15, 0.2) is 23.9 Å². The number of aromatic nitrogens is 3. The fraction of sp³-hybridized carbons (Fsp3) is 0.412. The van der Waals surface area contributed by atoms with E-state index in [2.05, 4.69) is 15.2 Å². The van der Waals surface area contributed by atoms with Crippen molar-refractivity contribution in [3.05, 3.63) is 58.6 Å². The molecule has 4 nitrogen and oxygen atoms in total. The lowest BCUT2D eigenvalue weighted by molar-refractivity contribution is -0.144. The van der Waals surface area contributed by atoms with E-state index in [9.17, 15) is 26.3 Å². The Morgan fingerprint density at radius 2 is 1.81 bits per heavy atom. The molecule has 0 fully saturated rings. The van der Waals surface area contributed by atoms with Crippen LogP contribution in [0, 0.1) is 23.4 Å². The van der Waals surface area contributed by atoms with Gasteiger partial charge in [-0.15, -0.1) is 5.10 Å². The van der Waals surface area contributed by atoms with Crippen LogP contribution in [0.4, 0.5) is 26.3 Å². The number of aromatic amines is 1. The van der Waals surface area contributed by atoms with Crippen LogP contribution < -0.4 is 0 Å². The van der Waals surface area contributed by atoms with E-state index in [4.69, 9.17) is 0 Å². The lowest BCUT2D eigenvalue weighted by Gasteiger charge is -2.34. The summed E-state index contributed by atoms with van der Waals surface area (Å²) in [5.74, 6) is -4.33. The van der Waals surface area contributed by atoms with Crippen molar-refractivity contribution in [1.29, 1.82) is 0 Å². The lowest BCUT2D eigenvalue weighted by Crippen LogP contribution is -2.30. The molecule has 0 bridgehead atoms. The molecule has 1 aromatic heterocycles. The van der Waals surface area contributed by atoms with Crippen molar-refractivity contribution in [2.24, 2.45) is 5.92 Å².